The molecular weight excluding hydrogens is 707 g/mol. The number of nitriles is 1. The summed E-state index contributed by atoms with van der Waals surface area (Å²) in [4.78, 5) is 10.0. The van der Waals surface area contributed by atoms with Gasteiger partial charge in [-0.25, -0.2) is 9.97 Å². The summed E-state index contributed by atoms with van der Waals surface area (Å²) in [5, 5.41) is 9.99. The second-order valence-electron chi connectivity index (χ2n) is 14.8. The van der Waals surface area contributed by atoms with Crippen LogP contribution in [0.15, 0.2) is 200 Å². The van der Waals surface area contributed by atoms with E-state index in [-0.39, 0.29) is 0 Å². The van der Waals surface area contributed by atoms with E-state index in [1.165, 1.54) is 22.3 Å². The monoisotopic (exact) mass is 739 g/mol. The predicted molar refractivity (Wildman–Crippen MR) is 231 cm³/mol. The number of rotatable bonds is 5. The minimum absolute atomic E-state index is 0.592. The van der Waals surface area contributed by atoms with Gasteiger partial charge in [0.2, 0.25) is 0 Å². The molecule has 1 aliphatic carbocycles. The van der Waals surface area contributed by atoms with Crippen molar-refractivity contribution in [3.05, 3.63) is 228 Å². The van der Waals surface area contributed by atoms with Gasteiger partial charge < -0.3 is 4.74 Å². The maximum Gasteiger partial charge on any atom is 0.160 e. The molecule has 1 aromatic heterocycles. The van der Waals surface area contributed by atoms with Crippen molar-refractivity contribution >= 4 is 0 Å². The molecule has 11 rings (SSSR count). The summed E-state index contributed by atoms with van der Waals surface area (Å²) in [6, 6.07) is 71.8. The maximum absolute atomic E-state index is 9.99. The van der Waals surface area contributed by atoms with Gasteiger partial charge in [-0.05, 0) is 68.8 Å². The fraction of sp³-hybridized carbons (Fsp3) is 0.0185. The molecule has 0 fully saturated rings. The molecule has 9 aromatic rings. The molecule has 2 heterocycles. The Hall–Kier alpha value is -7.87. The fourth-order valence-corrected chi connectivity index (χ4v) is 8.99. The number of ether oxygens (including phenoxy) is 1. The average Bonchev–Trinajstić information content (AvgIpc) is 3.59. The standard InChI is InChI=1S/C54H33N3O/c55-34-41-17-7-8-18-42(41)40-28-30-48-52(32-40)58-51-31-39(27-29-47(51)54(48)45-21-11-9-19-43(45)44-20-10-12-22-46(44)54)35-23-25-37(26-24-35)50-33-49(36-13-3-1-4-14-36)56-53(57-50)38-15-5-2-6-16-38/h1-33H. The van der Waals surface area contributed by atoms with E-state index in [4.69, 9.17) is 14.7 Å². The van der Waals surface area contributed by atoms with Crippen molar-refractivity contribution in [1.82, 2.24) is 9.97 Å². The van der Waals surface area contributed by atoms with Gasteiger partial charge in [0.05, 0.1) is 28.4 Å². The van der Waals surface area contributed by atoms with Crippen LogP contribution in [0.2, 0.25) is 0 Å². The summed E-state index contributed by atoms with van der Waals surface area (Å²) >= 11 is 0. The first-order valence-electron chi connectivity index (χ1n) is 19.5. The Morgan fingerprint density at radius 2 is 0.845 bits per heavy atom. The van der Waals surface area contributed by atoms with E-state index in [2.05, 4.69) is 133 Å². The lowest BCUT2D eigenvalue weighted by Crippen LogP contribution is -2.32. The first-order chi connectivity index (χ1) is 28.7. The van der Waals surface area contributed by atoms with Crippen molar-refractivity contribution < 1.29 is 4.74 Å². The van der Waals surface area contributed by atoms with E-state index in [1.807, 2.05) is 72.8 Å². The van der Waals surface area contributed by atoms with Crippen LogP contribution in [-0.2, 0) is 5.41 Å². The van der Waals surface area contributed by atoms with E-state index in [1.54, 1.807) is 0 Å². The number of nitrogens with zero attached hydrogens (tertiary/aromatic N) is 3. The Morgan fingerprint density at radius 3 is 1.47 bits per heavy atom. The highest BCUT2D eigenvalue weighted by Gasteiger charge is 2.51. The largest absolute Gasteiger partial charge is 0.457 e. The average molecular weight is 740 g/mol. The van der Waals surface area contributed by atoms with Crippen molar-refractivity contribution in [2.24, 2.45) is 0 Å². The van der Waals surface area contributed by atoms with Gasteiger partial charge in [-0.3, -0.25) is 0 Å². The molecule has 0 amide bonds. The van der Waals surface area contributed by atoms with Crippen molar-refractivity contribution in [2.75, 3.05) is 0 Å². The summed E-state index contributed by atoms with van der Waals surface area (Å²) in [5.41, 5.74) is 15.9. The zero-order valence-corrected chi connectivity index (χ0v) is 31.3. The normalized spacial score (nSPS) is 12.7. The molecule has 0 radical (unpaired) electrons. The molecule has 0 atom stereocenters. The molecule has 2 aliphatic rings. The second-order valence-corrected chi connectivity index (χ2v) is 14.8. The number of benzene rings is 8. The number of fused-ring (bicyclic) bond motifs is 9. The molecule has 4 nitrogen and oxygen atoms in total. The summed E-state index contributed by atoms with van der Waals surface area (Å²) in [6.45, 7) is 0. The molecule has 0 unspecified atom stereocenters. The van der Waals surface area contributed by atoms with Gasteiger partial charge in [0.1, 0.15) is 11.5 Å². The zero-order valence-electron chi connectivity index (χ0n) is 31.3. The lowest BCUT2D eigenvalue weighted by molar-refractivity contribution is 0.437. The van der Waals surface area contributed by atoms with Gasteiger partial charge in [0, 0.05) is 27.8 Å². The predicted octanol–water partition coefficient (Wildman–Crippen LogP) is 13.2. The highest BCUT2D eigenvalue weighted by atomic mass is 16.5. The van der Waals surface area contributed by atoms with E-state index >= 15 is 0 Å². The highest BCUT2D eigenvalue weighted by molar-refractivity contribution is 5.90. The molecule has 0 bridgehead atoms. The summed E-state index contributed by atoms with van der Waals surface area (Å²) in [7, 11) is 0. The molecule has 4 heteroatoms. The Bertz CT molecular complexity index is 2990. The molecule has 0 saturated carbocycles. The third kappa shape index (κ3) is 5.22. The molecule has 58 heavy (non-hydrogen) atoms. The minimum atomic E-state index is -0.592. The first kappa shape index (κ1) is 33.5. The summed E-state index contributed by atoms with van der Waals surface area (Å²) < 4.78 is 7.00. The minimum Gasteiger partial charge on any atom is -0.457 e. The summed E-state index contributed by atoms with van der Waals surface area (Å²) in [5.74, 6) is 2.28. The first-order valence-corrected chi connectivity index (χ1v) is 19.5. The third-order valence-electron chi connectivity index (χ3n) is 11.6. The van der Waals surface area contributed by atoms with Crippen LogP contribution in [0.25, 0.3) is 67.3 Å². The number of hydrogen-bond acceptors (Lipinski definition) is 4. The Labute approximate surface area is 337 Å². The molecule has 0 N–H and O–H groups in total. The second kappa shape index (κ2) is 13.4. The topological polar surface area (TPSA) is 58.8 Å². The Balaban J connectivity index is 1.04. The maximum atomic E-state index is 9.99. The van der Waals surface area contributed by atoms with Crippen molar-refractivity contribution in [2.45, 2.75) is 5.41 Å². The van der Waals surface area contributed by atoms with Gasteiger partial charge in [-0.1, -0.05) is 176 Å². The van der Waals surface area contributed by atoms with Crippen LogP contribution in [0.1, 0.15) is 27.8 Å². The van der Waals surface area contributed by atoms with Crippen LogP contribution in [0.3, 0.4) is 0 Å². The smallest absolute Gasteiger partial charge is 0.160 e. The van der Waals surface area contributed by atoms with Crippen LogP contribution in [-0.4, -0.2) is 9.97 Å². The van der Waals surface area contributed by atoms with Gasteiger partial charge in [-0.2, -0.15) is 5.26 Å². The summed E-state index contributed by atoms with van der Waals surface area (Å²) in [6.07, 6.45) is 0. The van der Waals surface area contributed by atoms with Gasteiger partial charge >= 0.3 is 0 Å². The van der Waals surface area contributed by atoms with Crippen molar-refractivity contribution in [3.63, 3.8) is 0 Å². The number of aromatic nitrogens is 2. The van der Waals surface area contributed by atoms with Crippen LogP contribution in [0, 0.1) is 11.3 Å². The molecule has 1 spiro atoms. The number of hydrogen-bond donors (Lipinski definition) is 0. The molecule has 270 valence electrons. The van der Waals surface area contributed by atoms with E-state index in [0.29, 0.717) is 11.4 Å². The molecular formula is C54H33N3O. The quantitative estimate of drug-likeness (QED) is 0.176. The molecule has 0 saturated heterocycles. The van der Waals surface area contributed by atoms with E-state index in [0.717, 1.165) is 73.0 Å². The van der Waals surface area contributed by atoms with Gasteiger partial charge in [0.25, 0.3) is 0 Å². The SMILES string of the molecule is N#Cc1ccccc1-c1ccc2c(c1)Oc1cc(-c3ccc(-c4cc(-c5ccccc5)nc(-c5ccccc5)n4)cc3)ccc1C21c2ccccc2-c2ccccc21. The van der Waals surface area contributed by atoms with Crippen LogP contribution in [0.5, 0.6) is 11.5 Å². The van der Waals surface area contributed by atoms with Crippen LogP contribution < -0.4 is 4.74 Å². The van der Waals surface area contributed by atoms with Crippen LogP contribution in [0.4, 0.5) is 0 Å². The van der Waals surface area contributed by atoms with E-state index in [9.17, 15) is 5.26 Å². The van der Waals surface area contributed by atoms with Gasteiger partial charge in [0.15, 0.2) is 5.82 Å². The van der Waals surface area contributed by atoms with Crippen LogP contribution >= 0.6 is 0 Å². The third-order valence-corrected chi connectivity index (χ3v) is 11.6. The Kier molecular flexibility index (Phi) is 7.74. The highest BCUT2D eigenvalue weighted by Crippen LogP contribution is 2.62. The fourth-order valence-electron chi connectivity index (χ4n) is 8.99. The lowest BCUT2D eigenvalue weighted by Gasteiger charge is -2.39. The van der Waals surface area contributed by atoms with E-state index < -0.39 is 5.41 Å². The Morgan fingerprint density at radius 1 is 0.379 bits per heavy atom. The van der Waals surface area contributed by atoms with Gasteiger partial charge in [-0.15, -0.1) is 0 Å². The van der Waals surface area contributed by atoms with Crippen molar-refractivity contribution in [1.29, 1.82) is 5.26 Å². The van der Waals surface area contributed by atoms with Crippen molar-refractivity contribution in [3.8, 4) is 84.9 Å². The molecule has 8 aromatic carbocycles. The lowest BCUT2D eigenvalue weighted by atomic mass is 9.65. The zero-order chi connectivity index (χ0) is 38.6. The molecule has 1 aliphatic heterocycles.